The molecule has 0 aliphatic rings. The lowest BCUT2D eigenvalue weighted by Crippen LogP contribution is -2.40. The van der Waals surface area contributed by atoms with E-state index in [1.54, 1.807) is 0 Å². The van der Waals surface area contributed by atoms with Crippen LogP contribution in [0.4, 0.5) is 0 Å². The van der Waals surface area contributed by atoms with Crippen LogP contribution in [0.5, 0.6) is 0 Å². The predicted molar refractivity (Wildman–Crippen MR) is 71.0 cm³/mol. The maximum atomic E-state index is 2.50. The molecule has 0 N–H and O–H groups in total. The Morgan fingerprint density at radius 1 is 0.933 bits per heavy atom. The second kappa shape index (κ2) is 5.92. The van der Waals surface area contributed by atoms with Crippen LogP contribution in [0.25, 0.3) is 0 Å². The predicted octanol–water partition coefficient (Wildman–Crippen LogP) is 5.38. The molecule has 0 heteroatoms. The second-order valence-electron chi connectivity index (χ2n) is 6.24. The topological polar surface area (TPSA) is 0 Å². The van der Waals surface area contributed by atoms with E-state index in [2.05, 4.69) is 55.4 Å². The third-order valence-corrected chi connectivity index (χ3v) is 5.01. The van der Waals surface area contributed by atoms with Gasteiger partial charge in [-0.1, -0.05) is 68.2 Å². The smallest absolute Gasteiger partial charge is 0.0249 e. The SMILES string of the molecule is CCCC(C)C(C)(C(C)C)C(C)C(C)C. The van der Waals surface area contributed by atoms with E-state index in [9.17, 15) is 0 Å². The third kappa shape index (κ3) is 3.23. The first kappa shape index (κ1) is 15.0. The Hall–Kier alpha value is 0. The highest BCUT2D eigenvalue weighted by molar-refractivity contribution is 4.88. The van der Waals surface area contributed by atoms with Crippen molar-refractivity contribution in [3.05, 3.63) is 0 Å². The fourth-order valence-electron chi connectivity index (χ4n) is 3.01. The first-order valence-electron chi connectivity index (χ1n) is 6.78. The van der Waals surface area contributed by atoms with Gasteiger partial charge in [0.15, 0.2) is 0 Å². The van der Waals surface area contributed by atoms with Gasteiger partial charge in [-0.05, 0) is 29.1 Å². The lowest BCUT2D eigenvalue weighted by molar-refractivity contribution is 0.0233. The van der Waals surface area contributed by atoms with E-state index in [4.69, 9.17) is 0 Å². The molecular weight excluding hydrogens is 180 g/mol. The zero-order valence-electron chi connectivity index (χ0n) is 12.2. The molecule has 3 atom stereocenters. The molecule has 0 heterocycles. The molecule has 0 nitrogen and oxygen atoms in total. The van der Waals surface area contributed by atoms with E-state index in [0.29, 0.717) is 5.41 Å². The molecule has 92 valence electrons. The highest BCUT2D eigenvalue weighted by atomic mass is 14.4. The maximum absolute atomic E-state index is 2.50. The van der Waals surface area contributed by atoms with Crippen molar-refractivity contribution in [3.63, 3.8) is 0 Å². The van der Waals surface area contributed by atoms with Gasteiger partial charge in [-0.3, -0.25) is 0 Å². The fraction of sp³-hybridized carbons (Fsp3) is 1.00. The van der Waals surface area contributed by atoms with Crippen LogP contribution in [-0.2, 0) is 0 Å². The van der Waals surface area contributed by atoms with Crippen molar-refractivity contribution in [2.24, 2.45) is 29.1 Å². The average Bonchev–Trinajstić information content (AvgIpc) is 2.15. The molecule has 15 heavy (non-hydrogen) atoms. The van der Waals surface area contributed by atoms with Crippen molar-refractivity contribution < 1.29 is 0 Å². The molecule has 0 radical (unpaired) electrons. The minimum atomic E-state index is 0.490. The van der Waals surface area contributed by atoms with Crippen molar-refractivity contribution in [3.8, 4) is 0 Å². The summed E-state index contributed by atoms with van der Waals surface area (Å²) in [5.74, 6) is 3.20. The summed E-state index contributed by atoms with van der Waals surface area (Å²) >= 11 is 0. The van der Waals surface area contributed by atoms with Crippen molar-refractivity contribution in [1.82, 2.24) is 0 Å². The normalized spacial score (nSPS) is 20.4. The number of rotatable bonds is 6. The van der Waals surface area contributed by atoms with E-state index >= 15 is 0 Å². The zero-order chi connectivity index (χ0) is 12.2. The summed E-state index contributed by atoms with van der Waals surface area (Å²) in [4.78, 5) is 0. The van der Waals surface area contributed by atoms with Crippen LogP contribution < -0.4 is 0 Å². The van der Waals surface area contributed by atoms with Gasteiger partial charge in [0, 0.05) is 0 Å². The highest BCUT2D eigenvalue weighted by Gasteiger charge is 2.39. The van der Waals surface area contributed by atoms with Gasteiger partial charge in [-0.25, -0.2) is 0 Å². The lowest BCUT2D eigenvalue weighted by atomic mass is 9.59. The molecule has 0 aliphatic carbocycles. The van der Waals surface area contributed by atoms with Gasteiger partial charge < -0.3 is 0 Å². The lowest BCUT2D eigenvalue weighted by Gasteiger charge is -2.46. The highest BCUT2D eigenvalue weighted by Crippen LogP contribution is 2.47. The van der Waals surface area contributed by atoms with Gasteiger partial charge in [0.25, 0.3) is 0 Å². The van der Waals surface area contributed by atoms with Gasteiger partial charge >= 0.3 is 0 Å². The summed E-state index contributed by atoms with van der Waals surface area (Å²) in [5.41, 5.74) is 0.490. The quantitative estimate of drug-likeness (QED) is 0.554. The first-order valence-corrected chi connectivity index (χ1v) is 6.78. The molecule has 0 saturated carbocycles. The van der Waals surface area contributed by atoms with E-state index in [1.165, 1.54) is 12.8 Å². The largest absolute Gasteiger partial charge is 0.0654 e. The summed E-state index contributed by atoms with van der Waals surface area (Å²) in [6.07, 6.45) is 2.68. The van der Waals surface area contributed by atoms with Crippen molar-refractivity contribution in [2.45, 2.75) is 68.2 Å². The molecule has 0 aromatic heterocycles. The first-order chi connectivity index (χ1) is 6.78. The maximum Gasteiger partial charge on any atom is -0.0249 e. The minimum absolute atomic E-state index is 0.490. The Morgan fingerprint density at radius 2 is 1.40 bits per heavy atom. The van der Waals surface area contributed by atoms with Crippen molar-refractivity contribution in [1.29, 1.82) is 0 Å². The van der Waals surface area contributed by atoms with Crippen molar-refractivity contribution >= 4 is 0 Å². The van der Waals surface area contributed by atoms with E-state index < -0.39 is 0 Å². The van der Waals surface area contributed by atoms with Crippen LogP contribution in [0.3, 0.4) is 0 Å². The molecular formula is C15H32. The minimum Gasteiger partial charge on any atom is -0.0654 e. The van der Waals surface area contributed by atoms with Crippen LogP contribution in [-0.4, -0.2) is 0 Å². The second-order valence-corrected chi connectivity index (χ2v) is 6.24. The van der Waals surface area contributed by atoms with E-state index in [1.807, 2.05) is 0 Å². The molecule has 0 bridgehead atoms. The third-order valence-electron chi connectivity index (χ3n) is 5.01. The monoisotopic (exact) mass is 212 g/mol. The Morgan fingerprint density at radius 3 is 1.67 bits per heavy atom. The van der Waals surface area contributed by atoms with E-state index in [0.717, 1.165) is 23.7 Å². The molecule has 0 spiro atoms. The standard InChI is InChI=1S/C15H32/c1-9-10-13(6)15(8,12(4)5)14(7)11(2)3/h11-14H,9-10H2,1-8H3. The molecule has 0 aromatic rings. The average molecular weight is 212 g/mol. The van der Waals surface area contributed by atoms with Crippen LogP contribution in [0.1, 0.15) is 68.2 Å². The number of hydrogen-bond acceptors (Lipinski definition) is 0. The summed E-state index contributed by atoms with van der Waals surface area (Å²) in [6, 6.07) is 0. The molecule has 0 rings (SSSR count). The van der Waals surface area contributed by atoms with Crippen LogP contribution in [0.15, 0.2) is 0 Å². The summed E-state index contributed by atoms with van der Waals surface area (Å²) < 4.78 is 0. The molecule has 0 fully saturated rings. The van der Waals surface area contributed by atoms with Gasteiger partial charge in [0.1, 0.15) is 0 Å². The van der Waals surface area contributed by atoms with Gasteiger partial charge in [0.05, 0.1) is 0 Å². The fourth-order valence-corrected chi connectivity index (χ4v) is 3.01. The summed E-state index contributed by atoms with van der Waals surface area (Å²) in [6.45, 7) is 19.2. The van der Waals surface area contributed by atoms with Crippen molar-refractivity contribution in [2.75, 3.05) is 0 Å². The Labute approximate surface area is 97.8 Å². The van der Waals surface area contributed by atoms with Crippen LogP contribution in [0, 0.1) is 29.1 Å². The Bertz CT molecular complexity index is 169. The molecule has 0 amide bonds. The molecule has 0 saturated heterocycles. The summed E-state index contributed by atoms with van der Waals surface area (Å²) in [7, 11) is 0. The number of hydrogen-bond donors (Lipinski definition) is 0. The van der Waals surface area contributed by atoms with Gasteiger partial charge in [-0.2, -0.15) is 0 Å². The Balaban J connectivity index is 4.88. The molecule has 3 unspecified atom stereocenters. The Kier molecular flexibility index (Phi) is 5.92. The van der Waals surface area contributed by atoms with Crippen LogP contribution in [0.2, 0.25) is 0 Å². The molecule has 0 aromatic carbocycles. The molecule has 0 aliphatic heterocycles. The zero-order valence-corrected chi connectivity index (χ0v) is 12.2. The van der Waals surface area contributed by atoms with Gasteiger partial charge in [-0.15, -0.1) is 0 Å². The van der Waals surface area contributed by atoms with E-state index in [-0.39, 0.29) is 0 Å². The summed E-state index contributed by atoms with van der Waals surface area (Å²) in [5, 5.41) is 0. The van der Waals surface area contributed by atoms with Gasteiger partial charge in [0.2, 0.25) is 0 Å². The van der Waals surface area contributed by atoms with Crippen LogP contribution >= 0.6 is 0 Å².